The van der Waals surface area contributed by atoms with Gasteiger partial charge in [-0.25, -0.2) is 0 Å². The summed E-state index contributed by atoms with van der Waals surface area (Å²) < 4.78 is 5.72. The average Bonchev–Trinajstić information content (AvgIpc) is 2.80. The highest BCUT2D eigenvalue weighted by Gasteiger charge is 2.64. The molecule has 212 valence electrons. The van der Waals surface area contributed by atoms with Crippen LogP contribution in [-0.4, -0.2) is 82.2 Å². The van der Waals surface area contributed by atoms with Gasteiger partial charge in [0.15, 0.2) is 11.4 Å². The molecule has 1 aromatic rings. The molecular weight excluding hydrogens is 506 g/mol. The van der Waals surface area contributed by atoms with Crippen LogP contribution in [-0.2, 0) is 27.3 Å². The summed E-state index contributed by atoms with van der Waals surface area (Å²) >= 11 is 0. The van der Waals surface area contributed by atoms with E-state index in [4.69, 9.17) is 10.5 Å². The number of benzene rings is 1. The lowest BCUT2D eigenvalue weighted by molar-refractivity contribution is -0.153. The minimum atomic E-state index is -2.67. The van der Waals surface area contributed by atoms with Crippen LogP contribution < -0.4 is 15.8 Å². The fourth-order valence-electron chi connectivity index (χ4n) is 6.31. The van der Waals surface area contributed by atoms with Crippen molar-refractivity contribution in [1.29, 1.82) is 0 Å². The highest BCUT2D eigenvalue weighted by atomic mass is 16.5. The Morgan fingerprint density at radius 2 is 1.87 bits per heavy atom. The number of carbonyl (C=O) groups is 3. The molecule has 0 unspecified atom stereocenters. The molecule has 1 fully saturated rings. The van der Waals surface area contributed by atoms with E-state index in [1.165, 1.54) is 18.1 Å². The van der Waals surface area contributed by atoms with Crippen molar-refractivity contribution in [2.75, 3.05) is 27.7 Å². The second kappa shape index (κ2) is 9.65. The van der Waals surface area contributed by atoms with E-state index in [0.717, 1.165) is 0 Å². The van der Waals surface area contributed by atoms with Crippen LogP contribution in [0.15, 0.2) is 23.0 Å². The minimum absolute atomic E-state index is 0.00251. The fourth-order valence-corrected chi connectivity index (χ4v) is 6.31. The average molecular weight is 544 g/mol. The van der Waals surface area contributed by atoms with Gasteiger partial charge in [0.2, 0.25) is 5.78 Å². The molecule has 11 nitrogen and oxygen atoms in total. The first kappa shape index (κ1) is 28.6. The van der Waals surface area contributed by atoms with E-state index in [0.29, 0.717) is 30.0 Å². The van der Waals surface area contributed by atoms with Crippen molar-refractivity contribution < 1.29 is 39.5 Å². The maximum absolute atomic E-state index is 13.9. The molecule has 4 rings (SSSR count). The molecule has 0 radical (unpaired) electrons. The summed E-state index contributed by atoms with van der Waals surface area (Å²) in [7, 11) is 4.60. The monoisotopic (exact) mass is 543 g/mol. The Hall–Kier alpha value is -3.41. The third kappa shape index (κ3) is 4.38. The number of aliphatic hydroxyl groups is 3. The summed E-state index contributed by atoms with van der Waals surface area (Å²) in [6.45, 7) is 7.35. The summed E-state index contributed by atoms with van der Waals surface area (Å²) in [5.74, 6) is -6.38. The number of aliphatic hydroxyl groups excluding tert-OH is 2. The highest BCUT2D eigenvalue weighted by Crippen LogP contribution is 2.54. The van der Waals surface area contributed by atoms with Gasteiger partial charge in [-0.15, -0.1) is 0 Å². The molecule has 0 spiro atoms. The molecule has 3 aliphatic carbocycles. The first-order chi connectivity index (χ1) is 18.1. The van der Waals surface area contributed by atoms with Crippen LogP contribution in [0, 0.1) is 17.3 Å². The van der Waals surface area contributed by atoms with Crippen molar-refractivity contribution in [1.82, 2.24) is 10.2 Å². The second-order valence-corrected chi connectivity index (χ2v) is 12.1. The third-order valence-electron chi connectivity index (χ3n) is 7.92. The van der Waals surface area contributed by atoms with Gasteiger partial charge in [-0.1, -0.05) is 20.8 Å². The van der Waals surface area contributed by atoms with Gasteiger partial charge in [0, 0.05) is 35.7 Å². The van der Waals surface area contributed by atoms with Crippen molar-refractivity contribution in [3.8, 4) is 11.5 Å². The molecule has 7 N–H and O–H groups in total. The summed E-state index contributed by atoms with van der Waals surface area (Å²) in [6, 6.07) is 0.324. The number of Topliss-reactive ketones (excluding diaryl/α,β-unsaturated/α-hetero) is 2. The highest BCUT2D eigenvalue weighted by molar-refractivity contribution is 6.24. The zero-order valence-electron chi connectivity index (χ0n) is 23.1. The van der Waals surface area contributed by atoms with Gasteiger partial charge in [0.05, 0.1) is 18.7 Å². The maximum Gasteiger partial charge on any atom is 0.255 e. The quantitative estimate of drug-likeness (QED) is 0.284. The molecule has 3 aliphatic rings. The number of amides is 1. The van der Waals surface area contributed by atoms with Gasteiger partial charge in [0.25, 0.3) is 5.91 Å². The van der Waals surface area contributed by atoms with Crippen LogP contribution in [0.3, 0.4) is 0 Å². The Bertz CT molecular complexity index is 1320. The number of phenolic OH excluding ortho intramolecular Hbond substituents is 1. The first-order valence-corrected chi connectivity index (χ1v) is 12.8. The van der Waals surface area contributed by atoms with Gasteiger partial charge in [0.1, 0.15) is 28.6 Å². The van der Waals surface area contributed by atoms with E-state index >= 15 is 0 Å². The van der Waals surface area contributed by atoms with Crippen LogP contribution in [0.2, 0.25) is 0 Å². The molecule has 1 aromatic carbocycles. The number of likely N-dealkylation sites (N-methyl/N-ethyl adjacent to an activating group) is 1. The normalized spacial score (nSPS) is 26.9. The van der Waals surface area contributed by atoms with E-state index in [1.54, 1.807) is 14.1 Å². The standard InChI is InChI=1S/C28H37N3O8/c1-27(2,3)11-30-10-13-9-16(32)18-14(23(13)39-6)7-12-8-15-20(31(4)5)22(34)19(26(29)37)25(36)28(15,38)24(35)17(12)21(18)33/h9,12,15,20,30,32-33,36,38H,7-8,10-11H2,1-6H3,(H2,29,37)/t12-,15-,20-,28-/m0/s1. The van der Waals surface area contributed by atoms with E-state index in [2.05, 4.69) is 26.1 Å². The zero-order valence-corrected chi connectivity index (χ0v) is 23.1. The predicted molar refractivity (Wildman–Crippen MR) is 142 cm³/mol. The Labute approximate surface area is 226 Å². The summed E-state index contributed by atoms with van der Waals surface area (Å²) in [5.41, 5.74) is 2.84. The lowest BCUT2D eigenvalue weighted by atomic mass is 9.57. The number of methoxy groups -OCH3 is 1. The topological polar surface area (TPSA) is 183 Å². The molecule has 0 bridgehead atoms. The van der Waals surface area contributed by atoms with Crippen LogP contribution in [0.4, 0.5) is 0 Å². The van der Waals surface area contributed by atoms with Gasteiger partial charge < -0.3 is 36.2 Å². The number of ketones is 2. The Balaban J connectivity index is 1.88. The van der Waals surface area contributed by atoms with E-state index in [1.807, 2.05) is 0 Å². The molecule has 0 aromatic heterocycles. The van der Waals surface area contributed by atoms with E-state index in [-0.39, 0.29) is 35.1 Å². The van der Waals surface area contributed by atoms with Crippen molar-refractivity contribution >= 4 is 23.2 Å². The largest absolute Gasteiger partial charge is 0.508 e. The van der Waals surface area contributed by atoms with Crippen molar-refractivity contribution in [3.63, 3.8) is 0 Å². The number of aromatic hydroxyl groups is 1. The molecule has 1 amide bonds. The number of hydrogen-bond donors (Lipinski definition) is 6. The van der Waals surface area contributed by atoms with Gasteiger partial charge in [-0.2, -0.15) is 0 Å². The molecule has 0 heterocycles. The SMILES string of the molecule is COc1c(CNCC(C)(C)C)cc(O)c2c1C[C@H]1C[C@H]3[C@H](N(C)C)C(=O)C(C(N)=O)=C(O)[C@@]3(O)C(=O)C1=C2O. The van der Waals surface area contributed by atoms with Gasteiger partial charge in [-0.05, 0) is 44.3 Å². The Kier molecular flexibility index (Phi) is 7.08. The lowest BCUT2D eigenvalue weighted by Gasteiger charge is -2.50. The summed E-state index contributed by atoms with van der Waals surface area (Å²) in [4.78, 5) is 40.6. The van der Waals surface area contributed by atoms with Crippen LogP contribution in [0.5, 0.6) is 11.5 Å². The first-order valence-electron chi connectivity index (χ1n) is 12.8. The number of ether oxygens (including phenoxy) is 1. The minimum Gasteiger partial charge on any atom is -0.508 e. The summed E-state index contributed by atoms with van der Waals surface area (Å²) in [6.07, 6.45) is 0.181. The Morgan fingerprint density at radius 1 is 1.23 bits per heavy atom. The molecule has 4 atom stereocenters. The molecule has 0 aliphatic heterocycles. The van der Waals surface area contributed by atoms with E-state index in [9.17, 15) is 34.8 Å². The van der Waals surface area contributed by atoms with Crippen LogP contribution in [0.1, 0.15) is 43.9 Å². The number of fused-ring (bicyclic) bond motifs is 3. The van der Waals surface area contributed by atoms with Crippen LogP contribution >= 0.6 is 0 Å². The van der Waals surface area contributed by atoms with Crippen molar-refractivity contribution in [2.45, 2.75) is 51.8 Å². The summed E-state index contributed by atoms with van der Waals surface area (Å²) in [5, 5.41) is 48.2. The van der Waals surface area contributed by atoms with Crippen molar-refractivity contribution in [2.24, 2.45) is 23.0 Å². The number of carbonyl (C=O) groups excluding carboxylic acids is 3. The number of primary amides is 1. The number of nitrogens with zero attached hydrogens (tertiary/aromatic N) is 1. The Morgan fingerprint density at radius 3 is 2.41 bits per heavy atom. The number of hydrogen-bond acceptors (Lipinski definition) is 10. The van der Waals surface area contributed by atoms with Crippen LogP contribution in [0.25, 0.3) is 5.76 Å². The molecule has 0 saturated heterocycles. The predicted octanol–water partition coefficient (Wildman–Crippen LogP) is 1.11. The fraction of sp³-hybridized carbons (Fsp3) is 0.536. The molecular formula is C28H37N3O8. The van der Waals surface area contributed by atoms with E-state index < -0.39 is 58.0 Å². The van der Waals surface area contributed by atoms with Gasteiger partial charge in [-0.3, -0.25) is 19.3 Å². The maximum atomic E-state index is 13.9. The number of nitrogens with two attached hydrogens (primary N) is 1. The molecule has 11 heteroatoms. The lowest BCUT2D eigenvalue weighted by Crippen LogP contribution is -2.65. The number of rotatable bonds is 6. The number of phenols is 1. The second-order valence-electron chi connectivity index (χ2n) is 12.1. The zero-order chi connectivity index (χ0) is 29.2. The molecule has 1 saturated carbocycles. The van der Waals surface area contributed by atoms with Crippen molar-refractivity contribution in [3.05, 3.63) is 39.7 Å². The molecule has 39 heavy (non-hydrogen) atoms. The third-order valence-corrected chi connectivity index (χ3v) is 7.92. The number of nitrogens with one attached hydrogen (secondary N) is 1. The van der Waals surface area contributed by atoms with Gasteiger partial charge >= 0.3 is 0 Å². The smallest absolute Gasteiger partial charge is 0.255 e.